The van der Waals surface area contributed by atoms with Crippen molar-refractivity contribution in [3.8, 4) is 0 Å². The number of benzene rings is 1. The molecular weight excluding hydrogens is 261 g/mol. The van der Waals surface area contributed by atoms with Crippen molar-refractivity contribution in [1.29, 1.82) is 0 Å². The molecule has 0 saturated carbocycles. The molecule has 1 amide bonds. The summed E-state index contributed by atoms with van der Waals surface area (Å²) in [5.74, 6) is -1.19. The smallest absolute Gasteiger partial charge is 0.256 e. The predicted octanol–water partition coefficient (Wildman–Crippen LogP) is 2.11. The topological polar surface area (TPSA) is 38.8 Å². The molecule has 20 heavy (non-hydrogen) atoms. The van der Waals surface area contributed by atoms with Crippen molar-refractivity contribution in [2.75, 3.05) is 26.3 Å². The maximum Gasteiger partial charge on any atom is 0.256 e. The molecule has 0 N–H and O–H groups in total. The number of rotatable bonds is 1. The van der Waals surface area contributed by atoms with Crippen LogP contribution >= 0.6 is 0 Å². The lowest BCUT2D eigenvalue weighted by molar-refractivity contribution is -0.181. The van der Waals surface area contributed by atoms with E-state index in [1.165, 1.54) is 6.07 Å². The van der Waals surface area contributed by atoms with E-state index in [9.17, 15) is 9.18 Å². The summed E-state index contributed by atoms with van der Waals surface area (Å²) in [7, 11) is 0. The van der Waals surface area contributed by atoms with Crippen LogP contribution in [0.1, 0.15) is 28.8 Å². The molecule has 2 saturated heterocycles. The van der Waals surface area contributed by atoms with Crippen molar-refractivity contribution in [1.82, 2.24) is 4.90 Å². The number of nitrogens with zero attached hydrogens (tertiary/aromatic N) is 1. The zero-order valence-corrected chi connectivity index (χ0v) is 11.5. The largest absolute Gasteiger partial charge is 0.347 e. The Labute approximate surface area is 117 Å². The summed E-state index contributed by atoms with van der Waals surface area (Å²) in [5, 5.41) is 0. The van der Waals surface area contributed by atoms with Crippen LogP contribution in [-0.2, 0) is 9.47 Å². The monoisotopic (exact) mass is 279 g/mol. The molecule has 0 atom stereocenters. The molecule has 1 aromatic carbocycles. The Balaban J connectivity index is 1.71. The highest BCUT2D eigenvalue weighted by atomic mass is 19.1. The normalized spacial score (nSPS) is 21.4. The number of hydrogen-bond acceptors (Lipinski definition) is 3. The van der Waals surface area contributed by atoms with Gasteiger partial charge in [0.05, 0.1) is 18.8 Å². The van der Waals surface area contributed by atoms with Gasteiger partial charge in [-0.3, -0.25) is 4.79 Å². The third-order valence-electron chi connectivity index (χ3n) is 4.05. The van der Waals surface area contributed by atoms with Gasteiger partial charge in [-0.2, -0.15) is 0 Å². The second kappa shape index (κ2) is 5.14. The van der Waals surface area contributed by atoms with Crippen molar-refractivity contribution in [2.45, 2.75) is 25.6 Å². The summed E-state index contributed by atoms with van der Waals surface area (Å²) in [6.45, 7) is 3.96. The Morgan fingerprint density at radius 1 is 1.25 bits per heavy atom. The van der Waals surface area contributed by atoms with E-state index in [1.807, 2.05) is 0 Å². The zero-order valence-electron chi connectivity index (χ0n) is 11.5. The van der Waals surface area contributed by atoms with Gasteiger partial charge in [-0.25, -0.2) is 4.39 Å². The number of piperidine rings is 1. The third-order valence-corrected chi connectivity index (χ3v) is 4.05. The number of carbonyl (C=O) groups is 1. The number of aryl methyl sites for hydroxylation is 1. The van der Waals surface area contributed by atoms with Crippen molar-refractivity contribution >= 4 is 5.91 Å². The van der Waals surface area contributed by atoms with Gasteiger partial charge in [-0.15, -0.1) is 0 Å². The molecule has 1 aromatic rings. The van der Waals surface area contributed by atoms with Crippen LogP contribution in [0.5, 0.6) is 0 Å². The first kappa shape index (κ1) is 13.5. The summed E-state index contributed by atoms with van der Waals surface area (Å²) >= 11 is 0. The molecule has 0 unspecified atom stereocenters. The second-order valence-electron chi connectivity index (χ2n) is 5.34. The van der Waals surface area contributed by atoms with Crippen LogP contribution in [0, 0.1) is 12.7 Å². The molecule has 4 nitrogen and oxygen atoms in total. The van der Waals surface area contributed by atoms with Gasteiger partial charge in [0.15, 0.2) is 5.79 Å². The van der Waals surface area contributed by atoms with E-state index >= 15 is 0 Å². The van der Waals surface area contributed by atoms with Gasteiger partial charge < -0.3 is 14.4 Å². The van der Waals surface area contributed by atoms with E-state index in [0.29, 0.717) is 44.7 Å². The van der Waals surface area contributed by atoms with Gasteiger partial charge in [-0.1, -0.05) is 12.1 Å². The standard InChI is InChI=1S/C15H18FNO3/c1-11-3-2-4-12(13(11)16)14(18)17-7-5-15(6-8-17)19-9-10-20-15/h2-4H,5-10H2,1H3. The first-order valence-corrected chi connectivity index (χ1v) is 6.94. The lowest BCUT2D eigenvalue weighted by Gasteiger charge is -2.37. The summed E-state index contributed by atoms with van der Waals surface area (Å²) in [6, 6.07) is 4.91. The summed E-state index contributed by atoms with van der Waals surface area (Å²) in [6.07, 6.45) is 1.29. The Kier molecular flexibility index (Phi) is 3.48. The van der Waals surface area contributed by atoms with Crippen molar-refractivity contribution in [3.05, 3.63) is 35.1 Å². The van der Waals surface area contributed by atoms with Gasteiger partial charge in [0, 0.05) is 25.9 Å². The van der Waals surface area contributed by atoms with Crippen LogP contribution in [0.3, 0.4) is 0 Å². The van der Waals surface area contributed by atoms with E-state index in [1.54, 1.807) is 24.0 Å². The predicted molar refractivity (Wildman–Crippen MR) is 70.9 cm³/mol. The average Bonchev–Trinajstić information content (AvgIpc) is 2.90. The van der Waals surface area contributed by atoms with E-state index in [0.717, 1.165) is 0 Å². The number of hydrogen-bond donors (Lipinski definition) is 0. The van der Waals surface area contributed by atoms with Crippen molar-refractivity contribution < 1.29 is 18.7 Å². The molecule has 3 rings (SSSR count). The van der Waals surface area contributed by atoms with Crippen molar-refractivity contribution in [3.63, 3.8) is 0 Å². The molecule has 0 aromatic heterocycles. The quantitative estimate of drug-likeness (QED) is 0.790. The summed E-state index contributed by atoms with van der Waals surface area (Å²) < 4.78 is 25.3. The Morgan fingerprint density at radius 3 is 2.55 bits per heavy atom. The molecule has 0 radical (unpaired) electrons. The maximum absolute atomic E-state index is 14.0. The number of likely N-dealkylation sites (tertiary alicyclic amines) is 1. The SMILES string of the molecule is Cc1cccc(C(=O)N2CCC3(CC2)OCCO3)c1F. The molecule has 2 fully saturated rings. The van der Waals surface area contributed by atoms with Gasteiger partial charge in [0.1, 0.15) is 5.82 Å². The minimum absolute atomic E-state index is 0.147. The Bertz CT molecular complexity index is 516. The van der Waals surface area contributed by atoms with E-state index < -0.39 is 11.6 Å². The molecule has 108 valence electrons. The highest BCUT2D eigenvalue weighted by molar-refractivity contribution is 5.94. The van der Waals surface area contributed by atoms with Crippen LogP contribution in [0.15, 0.2) is 18.2 Å². The molecule has 5 heteroatoms. The molecule has 0 aliphatic carbocycles. The van der Waals surface area contributed by atoms with E-state index in [4.69, 9.17) is 9.47 Å². The number of amides is 1. The minimum atomic E-state index is -0.512. The lowest BCUT2D eigenvalue weighted by atomic mass is 10.0. The number of carbonyl (C=O) groups excluding carboxylic acids is 1. The maximum atomic E-state index is 14.0. The first-order valence-electron chi connectivity index (χ1n) is 6.94. The number of halogens is 1. The molecule has 1 spiro atoms. The first-order chi connectivity index (χ1) is 9.61. The fourth-order valence-electron chi connectivity index (χ4n) is 2.82. The fraction of sp³-hybridized carbons (Fsp3) is 0.533. The molecule has 0 bridgehead atoms. The van der Waals surface area contributed by atoms with Crippen LogP contribution in [0.25, 0.3) is 0 Å². The van der Waals surface area contributed by atoms with Crippen LogP contribution < -0.4 is 0 Å². The molecule has 2 heterocycles. The average molecular weight is 279 g/mol. The van der Waals surface area contributed by atoms with Gasteiger partial charge >= 0.3 is 0 Å². The minimum Gasteiger partial charge on any atom is -0.347 e. The van der Waals surface area contributed by atoms with Crippen molar-refractivity contribution in [2.24, 2.45) is 0 Å². The summed E-state index contributed by atoms with van der Waals surface area (Å²) in [5.41, 5.74) is 0.640. The van der Waals surface area contributed by atoms with E-state index in [2.05, 4.69) is 0 Å². The van der Waals surface area contributed by atoms with Crippen LogP contribution in [-0.4, -0.2) is 42.9 Å². The lowest BCUT2D eigenvalue weighted by Crippen LogP contribution is -2.47. The molecular formula is C15H18FNO3. The molecule has 2 aliphatic heterocycles. The van der Waals surface area contributed by atoms with Gasteiger partial charge in [0.2, 0.25) is 0 Å². The summed E-state index contributed by atoms with van der Waals surface area (Å²) in [4.78, 5) is 14.1. The third kappa shape index (κ3) is 2.31. The van der Waals surface area contributed by atoms with E-state index in [-0.39, 0.29) is 11.5 Å². The Hall–Kier alpha value is -1.46. The number of ether oxygens (including phenoxy) is 2. The van der Waals surface area contributed by atoms with Crippen LogP contribution in [0.4, 0.5) is 4.39 Å². The fourth-order valence-corrected chi connectivity index (χ4v) is 2.82. The van der Waals surface area contributed by atoms with Gasteiger partial charge in [0.25, 0.3) is 5.91 Å². The van der Waals surface area contributed by atoms with Crippen LogP contribution in [0.2, 0.25) is 0 Å². The van der Waals surface area contributed by atoms with Gasteiger partial charge in [-0.05, 0) is 18.6 Å². The molecule has 2 aliphatic rings. The highest BCUT2D eigenvalue weighted by Gasteiger charge is 2.41. The Morgan fingerprint density at radius 2 is 1.90 bits per heavy atom. The zero-order chi connectivity index (χ0) is 14.2. The highest BCUT2D eigenvalue weighted by Crippen LogP contribution is 2.31. The second-order valence-corrected chi connectivity index (χ2v) is 5.34.